The summed E-state index contributed by atoms with van der Waals surface area (Å²) in [6, 6.07) is 3.47. The van der Waals surface area contributed by atoms with Crippen LogP contribution >= 0.6 is 0 Å². The van der Waals surface area contributed by atoms with E-state index in [9.17, 15) is 31.9 Å². The first-order valence-corrected chi connectivity index (χ1v) is 4.61. The zero-order chi connectivity index (χ0) is 14.1. The summed E-state index contributed by atoms with van der Waals surface area (Å²) < 4.78 is 60.8. The molecule has 0 heterocycles. The van der Waals surface area contributed by atoms with Crippen molar-refractivity contribution in [1.82, 2.24) is 0 Å². The van der Waals surface area contributed by atoms with E-state index in [2.05, 4.69) is 0 Å². The second-order valence-electron chi connectivity index (χ2n) is 3.55. The number of carbonyl (C=O) groups excluding carboxylic acids is 1. The topological polar surface area (TPSA) is 49.3 Å². The second kappa shape index (κ2) is 4.43. The Morgan fingerprint density at radius 1 is 1.22 bits per heavy atom. The molecule has 1 aromatic carbocycles. The number of phenolic OH excluding ortho intramolecular Hbond substituents is 1. The number of hydrogen-bond donors (Lipinski definition) is 2. The van der Waals surface area contributed by atoms with Gasteiger partial charge in [0.25, 0.3) is 0 Å². The van der Waals surface area contributed by atoms with Crippen LogP contribution in [0.25, 0.3) is 0 Å². The lowest BCUT2D eigenvalue weighted by Crippen LogP contribution is -2.47. The summed E-state index contributed by atoms with van der Waals surface area (Å²) >= 11 is 0. The molecule has 0 aromatic heterocycles. The Labute approximate surface area is 98.2 Å². The second-order valence-corrected chi connectivity index (χ2v) is 3.55. The normalized spacial score (nSPS) is 12.3. The van der Waals surface area contributed by atoms with Crippen LogP contribution in [0.5, 0.6) is 5.75 Å². The maximum absolute atomic E-state index is 12.6. The van der Waals surface area contributed by atoms with Crippen molar-refractivity contribution in [3.05, 3.63) is 23.8 Å². The molecule has 0 spiro atoms. The van der Waals surface area contributed by atoms with Gasteiger partial charge in [0.2, 0.25) is 0 Å². The van der Waals surface area contributed by atoms with E-state index in [4.69, 9.17) is 0 Å². The molecule has 0 saturated heterocycles. The molecular formula is C10H8F5NO2. The van der Waals surface area contributed by atoms with E-state index in [-0.39, 0.29) is 0 Å². The van der Waals surface area contributed by atoms with Crippen molar-refractivity contribution >= 4 is 11.6 Å². The molecule has 1 rings (SSSR count). The van der Waals surface area contributed by atoms with E-state index in [0.717, 1.165) is 12.1 Å². The average molecular weight is 269 g/mol. The molecule has 8 heteroatoms. The number of aryl methyl sites for hydroxylation is 1. The minimum Gasteiger partial charge on any atom is -0.506 e. The Balaban J connectivity index is 2.95. The Bertz CT molecular complexity index is 470. The van der Waals surface area contributed by atoms with Crippen LogP contribution in [-0.4, -0.2) is 23.1 Å². The fourth-order valence-corrected chi connectivity index (χ4v) is 1.08. The number of rotatable bonds is 2. The Morgan fingerprint density at radius 3 is 2.22 bits per heavy atom. The van der Waals surface area contributed by atoms with Crippen molar-refractivity contribution < 1.29 is 31.9 Å². The Kier molecular flexibility index (Phi) is 3.50. The van der Waals surface area contributed by atoms with E-state index < -0.39 is 29.4 Å². The molecule has 0 radical (unpaired) electrons. The lowest BCUT2D eigenvalue weighted by molar-refractivity contribution is -0.267. The van der Waals surface area contributed by atoms with Gasteiger partial charge in [-0.1, -0.05) is 6.07 Å². The molecular weight excluding hydrogens is 261 g/mol. The Hall–Kier alpha value is -1.86. The molecule has 0 atom stereocenters. The molecule has 0 saturated carbocycles. The Morgan fingerprint density at radius 2 is 1.78 bits per heavy atom. The maximum Gasteiger partial charge on any atom is 0.463 e. The fraction of sp³-hybridized carbons (Fsp3) is 0.300. The zero-order valence-electron chi connectivity index (χ0n) is 8.98. The number of halogens is 5. The van der Waals surface area contributed by atoms with Gasteiger partial charge in [-0.2, -0.15) is 22.0 Å². The number of aromatic hydroxyl groups is 1. The largest absolute Gasteiger partial charge is 0.506 e. The van der Waals surface area contributed by atoms with Gasteiger partial charge < -0.3 is 10.4 Å². The number of amides is 1. The summed E-state index contributed by atoms with van der Waals surface area (Å²) in [6.45, 7) is 1.57. The monoisotopic (exact) mass is 269 g/mol. The van der Waals surface area contributed by atoms with Crippen LogP contribution in [0.3, 0.4) is 0 Å². The molecule has 100 valence electrons. The molecule has 2 N–H and O–H groups in total. The third-order valence-electron chi connectivity index (χ3n) is 2.04. The summed E-state index contributed by atoms with van der Waals surface area (Å²) in [5.41, 5.74) is 0.0302. The summed E-state index contributed by atoms with van der Waals surface area (Å²) in [4.78, 5) is 10.8. The highest BCUT2D eigenvalue weighted by atomic mass is 19.4. The van der Waals surface area contributed by atoms with Gasteiger partial charge in [0.05, 0.1) is 5.69 Å². The van der Waals surface area contributed by atoms with E-state index in [1.54, 1.807) is 6.92 Å². The zero-order valence-corrected chi connectivity index (χ0v) is 8.98. The molecule has 0 unspecified atom stereocenters. The predicted molar refractivity (Wildman–Crippen MR) is 52.5 cm³/mol. The van der Waals surface area contributed by atoms with Crippen molar-refractivity contribution in [3.63, 3.8) is 0 Å². The quantitative estimate of drug-likeness (QED) is 0.640. The molecule has 0 aliphatic rings. The number of benzene rings is 1. The van der Waals surface area contributed by atoms with Crippen LogP contribution in [0.2, 0.25) is 0 Å². The van der Waals surface area contributed by atoms with Crippen LogP contribution in [0, 0.1) is 6.92 Å². The van der Waals surface area contributed by atoms with Crippen LogP contribution in [-0.2, 0) is 4.79 Å². The summed E-state index contributed by atoms with van der Waals surface area (Å²) in [7, 11) is 0. The van der Waals surface area contributed by atoms with Gasteiger partial charge in [0.15, 0.2) is 0 Å². The number of hydrogen-bond acceptors (Lipinski definition) is 2. The lowest BCUT2D eigenvalue weighted by atomic mass is 10.2. The molecule has 1 amide bonds. The maximum atomic E-state index is 12.6. The third-order valence-corrected chi connectivity index (χ3v) is 2.04. The van der Waals surface area contributed by atoms with Crippen molar-refractivity contribution in [3.8, 4) is 5.75 Å². The van der Waals surface area contributed by atoms with Gasteiger partial charge in [-0.3, -0.25) is 4.79 Å². The molecule has 0 bridgehead atoms. The van der Waals surface area contributed by atoms with Crippen LogP contribution in [0.4, 0.5) is 27.6 Å². The summed E-state index contributed by atoms with van der Waals surface area (Å²) in [5, 5.41) is 10.6. The highest BCUT2D eigenvalue weighted by Crippen LogP contribution is 2.37. The van der Waals surface area contributed by atoms with Gasteiger partial charge >= 0.3 is 18.0 Å². The van der Waals surface area contributed by atoms with Gasteiger partial charge in [-0.15, -0.1) is 0 Å². The van der Waals surface area contributed by atoms with E-state index in [0.29, 0.717) is 5.56 Å². The van der Waals surface area contributed by atoms with Gasteiger partial charge in [-0.25, -0.2) is 0 Å². The van der Waals surface area contributed by atoms with E-state index >= 15 is 0 Å². The van der Waals surface area contributed by atoms with E-state index in [1.807, 2.05) is 0 Å². The van der Waals surface area contributed by atoms with Crippen molar-refractivity contribution in [2.45, 2.75) is 19.0 Å². The first kappa shape index (κ1) is 14.2. The smallest absolute Gasteiger partial charge is 0.463 e. The number of carbonyl (C=O) groups is 1. The van der Waals surface area contributed by atoms with Crippen molar-refractivity contribution in [2.24, 2.45) is 0 Å². The molecule has 18 heavy (non-hydrogen) atoms. The van der Waals surface area contributed by atoms with E-state index in [1.165, 1.54) is 11.4 Å². The molecule has 0 aliphatic heterocycles. The average Bonchev–Trinajstić information content (AvgIpc) is 2.20. The molecule has 3 nitrogen and oxygen atoms in total. The highest BCUT2D eigenvalue weighted by molar-refractivity contribution is 5.97. The van der Waals surface area contributed by atoms with Crippen LogP contribution in [0.15, 0.2) is 18.2 Å². The van der Waals surface area contributed by atoms with Crippen molar-refractivity contribution in [1.29, 1.82) is 0 Å². The number of nitrogens with one attached hydrogen (secondary N) is 1. The minimum atomic E-state index is -5.99. The first-order chi connectivity index (χ1) is 8.05. The van der Waals surface area contributed by atoms with Gasteiger partial charge in [0, 0.05) is 0 Å². The summed E-state index contributed by atoms with van der Waals surface area (Å²) in [5.74, 6) is -8.67. The summed E-state index contributed by atoms with van der Waals surface area (Å²) in [6.07, 6.45) is -5.99. The predicted octanol–water partition coefficient (Wildman–Crippen LogP) is 2.84. The van der Waals surface area contributed by atoms with Crippen LogP contribution in [0.1, 0.15) is 5.56 Å². The van der Waals surface area contributed by atoms with Crippen LogP contribution < -0.4 is 5.32 Å². The first-order valence-electron chi connectivity index (χ1n) is 4.61. The SMILES string of the molecule is Cc1ccc(NC(=O)C(F)(F)C(F)(F)F)c(O)c1. The number of anilines is 1. The lowest BCUT2D eigenvalue weighted by Gasteiger charge is -2.19. The van der Waals surface area contributed by atoms with Crippen molar-refractivity contribution in [2.75, 3.05) is 5.32 Å². The fourth-order valence-electron chi connectivity index (χ4n) is 1.08. The molecule has 1 aromatic rings. The number of alkyl halides is 5. The highest BCUT2D eigenvalue weighted by Gasteiger charge is 2.63. The number of phenols is 1. The molecule has 0 aliphatic carbocycles. The van der Waals surface area contributed by atoms with Gasteiger partial charge in [0.1, 0.15) is 5.75 Å². The third kappa shape index (κ3) is 2.69. The minimum absolute atomic E-state index is 0.519. The molecule has 0 fully saturated rings. The van der Waals surface area contributed by atoms with Gasteiger partial charge in [-0.05, 0) is 24.6 Å². The standard InChI is InChI=1S/C10H8F5NO2/c1-5-2-3-6(7(17)4-5)16-8(18)9(11,12)10(13,14)15/h2-4,17H,1H3,(H,16,18).